The van der Waals surface area contributed by atoms with Crippen LogP contribution in [0.3, 0.4) is 0 Å². The molecule has 0 aliphatic carbocycles. The first-order valence-corrected chi connectivity index (χ1v) is 9.69. The van der Waals surface area contributed by atoms with Crippen molar-refractivity contribution in [2.45, 2.75) is 17.9 Å². The summed E-state index contributed by atoms with van der Waals surface area (Å²) in [7, 11) is -0.608. The minimum absolute atomic E-state index is 0.186. The van der Waals surface area contributed by atoms with Crippen LogP contribution in [0.5, 0.6) is 0 Å². The van der Waals surface area contributed by atoms with E-state index in [9.17, 15) is 13.2 Å². The van der Waals surface area contributed by atoms with Crippen molar-refractivity contribution in [1.82, 2.24) is 19.2 Å². The van der Waals surface area contributed by atoms with Gasteiger partial charge in [-0.25, -0.2) is 18.2 Å². The van der Waals surface area contributed by atoms with Crippen molar-refractivity contribution in [1.29, 1.82) is 0 Å². The number of aromatic nitrogens is 2. The molecule has 0 saturated carbocycles. The molecule has 3 rings (SSSR count). The van der Waals surface area contributed by atoms with E-state index in [1.807, 2.05) is 11.6 Å². The molecule has 0 radical (unpaired) electrons. The van der Waals surface area contributed by atoms with Gasteiger partial charge >= 0.3 is 5.97 Å². The fraction of sp³-hybridized carbons (Fsp3) is 0.412. The van der Waals surface area contributed by atoms with Crippen LogP contribution in [0.15, 0.2) is 35.5 Å². The number of aryl methyl sites for hydroxylation is 2. The van der Waals surface area contributed by atoms with Gasteiger partial charge in [-0.05, 0) is 30.7 Å². The van der Waals surface area contributed by atoms with Gasteiger partial charge in [0, 0.05) is 39.1 Å². The number of benzene rings is 1. The molecule has 1 aromatic heterocycles. The van der Waals surface area contributed by atoms with Crippen molar-refractivity contribution in [3.8, 4) is 0 Å². The Bertz CT molecular complexity index is 923. The summed E-state index contributed by atoms with van der Waals surface area (Å²) in [6, 6.07) is 4.09. The third-order valence-electron chi connectivity index (χ3n) is 4.53. The molecule has 0 spiro atoms. The topological polar surface area (TPSA) is 93.5 Å². The van der Waals surface area contributed by atoms with Gasteiger partial charge in [0.1, 0.15) is 5.82 Å². The van der Waals surface area contributed by atoms with E-state index in [0.717, 1.165) is 0 Å². The van der Waals surface area contributed by atoms with E-state index >= 15 is 0 Å². The third-order valence-corrected chi connectivity index (χ3v) is 6.60. The number of piperazine rings is 1. The van der Waals surface area contributed by atoms with Crippen LogP contribution in [-0.4, -0.2) is 55.0 Å². The van der Waals surface area contributed by atoms with Crippen molar-refractivity contribution < 1.29 is 17.9 Å². The SMILES string of the molecule is COC(=O)c1ccc(S(=O)(=O)N2CCNCC2c2nccn2C)c(C)c1. The maximum absolute atomic E-state index is 13.3. The maximum atomic E-state index is 13.3. The molecule has 1 unspecified atom stereocenters. The normalized spacial score (nSPS) is 18.7. The van der Waals surface area contributed by atoms with Crippen molar-refractivity contribution in [2.24, 2.45) is 7.05 Å². The number of hydrogen-bond donors (Lipinski definition) is 1. The highest BCUT2D eigenvalue weighted by atomic mass is 32.2. The summed E-state index contributed by atoms with van der Waals surface area (Å²) in [5, 5.41) is 3.23. The van der Waals surface area contributed by atoms with E-state index in [-0.39, 0.29) is 4.90 Å². The number of carbonyl (C=O) groups is 1. The summed E-state index contributed by atoms with van der Waals surface area (Å²) >= 11 is 0. The highest BCUT2D eigenvalue weighted by Crippen LogP contribution is 2.29. The molecule has 2 aromatic rings. The molecule has 140 valence electrons. The Kier molecular flexibility index (Phi) is 5.12. The van der Waals surface area contributed by atoms with E-state index in [2.05, 4.69) is 10.3 Å². The molecular weight excluding hydrogens is 356 g/mol. The number of rotatable bonds is 4. The highest BCUT2D eigenvalue weighted by molar-refractivity contribution is 7.89. The second kappa shape index (κ2) is 7.18. The van der Waals surface area contributed by atoms with Crippen molar-refractivity contribution in [3.63, 3.8) is 0 Å². The number of methoxy groups -OCH3 is 1. The van der Waals surface area contributed by atoms with Crippen LogP contribution < -0.4 is 5.32 Å². The zero-order valence-electron chi connectivity index (χ0n) is 15.0. The average molecular weight is 378 g/mol. The largest absolute Gasteiger partial charge is 0.465 e. The van der Waals surface area contributed by atoms with Crippen LogP contribution in [0, 0.1) is 6.92 Å². The second-order valence-corrected chi connectivity index (χ2v) is 8.06. The molecule has 2 heterocycles. The lowest BCUT2D eigenvalue weighted by Gasteiger charge is -2.35. The Morgan fingerprint density at radius 3 is 2.77 bits per heavy atom. The summed E-state index contributed by atoms with van der Waals surface area (Å²) < 4.78 is 34.6. The molecule has 8 nitrogen and oxygen atoms in total. The van der Waals surface area contributed by atoms with Crippen LogP contribution in [0.4, 0.5) is 0 Å². The highest BCUT2D eigenvalue weighted by Gasteiger charge is 2.37. The van der Waals surface area contributed by atoms with E-state index in [1.165, 1.54) is 29.6 Å². The Hall–Kier alpha value is -2.23. The van der Waals surface area contributed by atoms with Gasteiger partial charge < -0.3 is 14.6 Å². The van der Waals surface area contributed by atoms with Gasteiger partial charge in [0.2, 0.25) is 10.0 Å². The predicted molar refractivity (Wildman–Crippen MR) is 95.2 cm³/mol. The molecule has 9 heteroatoms. The van der Waals surface area contributed by atoms with E-state index in [4.69, 9.17) is 4.74 Å². The summed E-state index contributed by atoms with van der Waals surface area (Å²) in [4.78, 5) is 16.2. The van der Waals surface area contributed by atoms with Gasteiger partial charge in [-0.15, -0.1) is 0 Å². The number of nitrogens with zero attached hydrogens (tertiary/aromatic N) is 3. The quantitative estimate of drug-likeness (QED) is 0.793. The van der Waals surface area contributed by atoms with Gasteiger partial charge in [0.05, 0.1) is 23.6 Å². The number of ether oxygens (including phenoxy) is 1. The van der Waals surface area contributed by atoms with Crippen LogP contribution in [0.25, 0.3) is 0 Å². The lowest BCUT2D eigenvalue weighted by molar-refractivity contribution is 0.0600. The van der Waals surface area contributed by atoms with Crippen LogP contribution in [0.1, 0.15) is 27.8 Å². The number of esters is 1. The monoisotopic (exact) mass is 378 g/mol. The zero-order chi connectivity index (χ0) is 18.9. The van der Waals surface area contributed by atoms with Crippen molar-refractivity contribution >= 4 is 16.0 Å². The lowest BCUT2D eigenvalue weighted by Crippen LogP contribution is -2.49. The molecule has 26 heavy (non-hydrogen) atoms. The van der Waals surface area contributed by atoms with E-state index in [1.54, 1.807) is 19.3 Å². The van der Waals surface area contributed by atoms with Crippen LogP contribution in [0.2, 0.25) is 0 Å². The number of hydrogen-bond acceptors (Lipinski definition) is 6. The molecule has 1 aliphatic heterocycles. The molecule has 0 bridgehead atoms. The predicted octanol–water partition coefficient (Wildman–Crippen LogP) is 0.850. The lowest BCUT2D eigenvalue weighted by atomic mass is 10.1. The fourth-order valence-corrected chi connectivity index (χ4v) is 5.00. The number of carbonyl (C=O) groups excluding carboxylic acids is 1. The summed E-state index contributed by atoms with van der Waals surface area (Å²) in [6.07, 6.45) is 3.45. The first-order valence-electron chi connectivity index (χ1n) is 8.25. The fourth-order valence-electron chi connectivity index (χ4n) is 3.20. The number of nitrogens with one attached hydrogen (secondary N) is 1. The molecule has 1 atom stereocenters. The first-order chi connectivity index (χ1) is 12.4. The Morgan fingerprint density at radius 1 is 1.38 bits per heavy atom. The maximum Gasteiger partial charge on any atom is 0.337 e. The van der Waals surface area contributed by atoms with Gasteiger partial charge in [0.25, 0.3) is 0 Å². The summed E-state index contributed by atoms with van der Waals surface area (Å²) in [5.74, 6) is 0.190. The molecule has 1 saturated heterocycles. The number of sulfonamides is 1. The van der Waals surface area contributed by atoms with Crippen LogP contribution in [-0.2, 0) is 21.8 Å². The van der Waals surface area contributed by atoms with Gasteiger partial charge in [-0.2, -0.15) is 4.31 Å². The average Bonchev–Trinajstić information content (AvgIpc) is 3.06. The van der Waals surface area contributed by atoms with Gasteiger partial charge in [-0.3, -0.25) is 0 Å². The summed E-state index contributed by atoms with van der Waals surface area (Å²) in [6.45, 7) is 3.08. The minimum Gasteiger partial charge on any atom is -0.465 e. The first kappa shape index (κ1) is 18.6. The van der Waals surface area contributed by atoms with Crippen molar-refractivity contribution in [2.75, 3.05) is 26.7 Å². The molecule has 1 aromatic carbocycles. The Morgan fingerprint density at radius 2 is 2.15 bits per heavy atom. The Balaban J connectivity index is 2.00. The smallest absolute Gasteiger partial charge is 0.337 e. The molecule has 0 amide bonds. The Labute approximate surface area is 152 Å². The molecule has 1 fully saturated rings. The van der Waals surface area contributed by atoms with E-state index < -0.39 is 22.0 Å². The minimum atomic E-state index is -3.75. The molecular formula is C17H22N4O4S. The molecule has 1 N–H and O–H groups in total. The zero-order valence-corrected chi connectivity index (χ0v) is 15.8. The van der Waals surface area contributed by atoms with Crippen molar-refractivity contribution in [3.05, 3.63) is 47.5 Å². The van der Waals surface area contributed by atoms with Crippen LogP contribution >= 0.6 is 0 Å². The van der Waals surface area contributed by atoms with Gasteiger partial charge in [-0.1, -0.05) is 0 Å². The standard InChI is InChI=1S/C17H22N4O4S/c1-12-10-13(17(22)25-3)4-5-15(12)26(23,24)21-9-6-18-11-14(21)16-19-7-8-20(16)2/h4-5,7-8,10,14,18H,6,9,11H2,1-3H3. The number of imidazole rings is 1. The second-order valence-electron chi connectivity index (χ2n) is 6.20. The summed E-state index contributed by atoms with van der Waals surface area (Å²) in [5.41, 5.74) is 0.829. The van der Waals surface area contributed by atoms with E-state index in [0.29, 0.717) is 36.6 Å². The van der Waals surface area contributed by atoms with Gasteiger partial charge in [0.15, 0.2) is 0 Å². The third kappa shape index (κ3) is 3.25. The molecule has 1 aliphatic rings.